The number of nitriles is 1. The second-order valence-corrected chi connectivity index (χ2v) is 5.22. The van der Waals surface area contributed by atoms with Crippen molar-refractivity contribution in [3.05, 3.63) is 69.5 Å². The van der Waals surface area contributed by atoms with Gasteiger partial charge in [-0.2, -0.15) is 5.26 Å². The van der Waals surface area contributed by atoms with Gasteiger partial charge in [-0.1, -0.05) is 35.3 Å². The molecule has 1 aromatic heterocycles. The summed E-state index contributed by atoms with van der Waals surface area (Å²) in [4.78, 5) is 16.0. The molecule has 0 spiro atoms. The average Bonchev–Trinajstić information content (AvgIpc) is 2.53. The summed E-state index contributed by atoms with van der Waals surface area (Å²) in [6, 6.07) is 10.3. The van der Waals surface area contributed by atoms with Crippen LogP contribution in [0.15, 0.2) is 48.3 Å². The van der Waals surface area contributed by atoms with E-state index in [1.165, 1.54) is 6.08 Å². The van der Waals surface area contributed by atoms with Gasteiger partial charge in [0.2, 0.25) is 0 Å². The number of carbonyl (C=O) groups excluding carboxylic acids is 1. The summed E-state index contributed by atoms with van der Waals surface area (Å²) in [5, 5.41) is 12.7. The average molecular weight is 332 g/mol. The SMILES string of the molecule is N#CC(=Cc1ccc(Cl)cc1Cl)C(=O)NCc1cccnc1. The van der Waals surface area contributed by atoms with Crippen LogP contribution in [0.4, 0.5) is 0 Å². The maximum Gasteiger partial charge on any atom is 0.262 e. The fraction of sp³-hybridized carbons (Fsp3) is 0.0625. The van der Waals surface area contributed by atoms with Gasteiger partial charge >= 0.3 is 0 Å². The number of pyridine rings is 1. The third kappa shape index (κ3) is 4.32. The highest BCUT2D eigenvalue weighted by atomic mass is 35.5. The van der Waals surface area contributed by atoms with E-state index in [9.17, 15) is 4.79 Å². The van der Waals surface area contributed by atoms with Crippen molar-refractivity contribution >= 4 is 35.2 Å². The molecule has 1 aromatic carbocycles. The normalized spacial score (nSPS) is 10.9. The highest BCUT2D eigenvalue weighted by Gasteiger charge is 2.10. The van der Waals surface area contributed by atoms with Crippen molar-refractivity contribution < 1.29 is 4.79 Å². The number of aromatic nitrogens is 1. The van der Waals surface area contributed by atoms with Crippen molar-refractivity contribution in [2.45, 2.75) is 6.54 Å². The van der Waals surface area contributed by atoms with Gasteiger partial charge in [0.25, 0.3) is 5.91 Å². The number of nitrogens with one attached hydrogen (secondary N) is 1. The lowest BCUT2D eigenvalue weighted by Gasteiger charge is -2.05. The van der Waals surface area contributed by atoms with E-state index in [0.717, 1.165) is 5.56 Å². The summed E-state index contributed by atoms with van der Waals surface area (Å²) in [6.07, 6.45) is 4.72. The Kier molecular flexibility index (Phi) is 5.54. The molecular formula is C16H11Cl2N3O. The molecule has 0 fully saturated rings. The Hall–Kier alpha value is -2.35. The van der Waals surface area contributed by atoms with Gasteiger partial charge < -0.3 is 5.32 Å². The Labute approximate surface area is 138 Å². The van der Waals surface area contributed by atoms with Crippen molar-refractivity contribution in [1.82, 2.24) is 10.3 Å². The van der Waals surface area contributed by atoms with Crippen LogP contribution in [-0.2, 0) is 11.3 Å². The Bertz CT molecular complexity index is 752. The second kappa shape index (κ2) is 7.60. The maximum atomic E-state index is 12.0. The van der Waals surface area contributed by atoms with Crippen molar-refractivity contribution in [2.24, 2.45) is 0 Å². The fourth-order valence-electron chi connectivity index (χ4n) is 1.70. The summed E-state index contributed by atoms with van der Waals surface area (Å²) in [7, 11) is 0. The molecule has 0 bridgehead atoms. The standard InChI is InChI=1S/C16H11Cl2N3O/c17-14-4-3-12(15(18)7-14)6-13(8-19)16(22)21-10-11-2-1-5-20-9-11/h1-7,9H,10H2,(H,21,22). The van der Waals surface area contributed by atoms with Gasteiger partial charge in [0.15, 0.2) is 0 Å². The van der Waals surface area contributed by atoms with Crippen molar-refractivity contribution in [3.8, 4) is 6.07 Å². The van der Waals surface area contributed by atoms with Gasteiger partial charge in [0.1, 0.15) is 11.6 Å². The largest absolute Gasteiger partial charge is 0.347 e. The molecule has 2 aromatic rings. The summed E-state index contributed by atoms with van der Waals surface area (Å²) >= 11 is 11.8. The monoisotopic (exact) mass is 331 g/mol. The lowest BCUT2D eigenvalue weighted by atomic mass is 10.1. The molecule has 0 aliphatic carbocycles. The molecule has 2 rings (SSSR count). The molecular weight excluding hydrogens is 321 g/mol. The van der Waals surface area contributed by atoms with E-state index in [4.69, 9.17) is 28.5 Å². The van der Waals surface area contributed by atoms with E-state index in [0.29, 0.717) is 22.2 Å². The predicted molar refractivity (Wildman–Crippen MR) is 86.1 cm³/mol. The van der Waals surface area contributed by atoms with Crippen LogP contribution in [0.25, 0.3) is 6.08 Å². The molecule has 0 unspecified atom stereocenters. The zero-order valence-corrected chi connectivity index (χ0v) is 12.9. The minimum Gasteiger partial charge on any atom is -0.347 e. The molecule has 4 nitrogen and oxygen atoms in total. The van der Waals surface area contributed by atoms with Gasteiger partial charge in [-0.05, 0) is 35.4 Å². The van der Waals surface area contributed by atoms with Crippen LogP contribution in [0, 0.1) is 11.3 Å². The molecule has 110 valence electrons. The van der Waals surface area contributed by atoms with Gasteiger partial charge in [0.05, 0.1) is 0 Å². The van der Waals surface area contributed by atoms with Crippen molar-refractivity contribution in [2.75, 3.05) is 0 Å². The van der Waals surface area contributed by atoms with E-state index < -0.39 is 5.91 Å². The minimum atomic E-state index is -0.475. The zero-order valence-electron chi connectivity index (χ0n) is 11.4. The molecule has 1 heterocycles. The number of halogens is 2. The zero-order chi connectivity index (χ0) is 15.9. The molecule has 0 aliphatic rings. The highest BCUT2D eigenvalue weighted by molar-refractivity contribution is 6.35. The van der Waals surface area contributed by atoms with Crippen LogP contribution in [0.3, 0.4) is 0 Å². The minimum absolute atomic E-state index is 0.0342. The Morgan fingerprint density at radius 2 is 2.18 bits per heavy atom. The van der Waals surface area contributed by atoms with Crippen LogP contribution in [0.2, 0.25) is 10.0 Å². The third-order valence-corrected chi connectivity index (χ3v) is 3.37. The first-order valence-electron chi connectivity index (χ1n) is 6.34. The Morgan fingerprint density at radius 3 is 2.82 bits per heavy atom. The van der Waals surface area contributed by atoms with Crippen LogP contribution < -0.4 is 5.32 Å². The van der Waals surface area contributed by atoms with E-state index >= 15 is 0 Å². The van der Waals surface area contributed by atoms with Gasteiger partial charge in [-0.15, -0.1) is 0 Å². The molecule has 6 heteroatoms. The van der Waals surface area contributed by atoms with Crippen LogP contribution in [0.1, 0.15) is 11.1 Å². The highest BCUT2D eigenvalue weighted by Crippen LogP contribution is 2.23. The van der Waals surface area contributed by atoms with Crippen LogP contribution in [0.5, 0.6) is 0 Å². The topological polar surface area (TPSA) is 65.8 Å². The molecule has 0 atom stereocenters. The molecule has 0 saturated heterocycles. The first kappa shape index (κ1) is 16.0. The fourth-order valence-corrected chi connectivity index (χ4v) is 2.17. The lowest BCUT2D eigenvalue weighted by Crippen LogP contribution is -2.24. The number of hydrogen-bond acceptors (Lipinski definition) is 3. The van der Waals surface area contributed by atoms with E-state index in [-0.39, 0.29) is 5.57 Å². The first-order valence-corrected chi connectivity index (χ1v) is 7.09. The number of benzene rings is 1. The summed E-state index contributed by atoms with van der Waals surface area (Å²) < 4.78 is 0. The van der Waals surface area contributed by atoms with Gasteiger partial charge in [-0.25, -0.2) is 0 Å². The number of rotatable bonds is 4. The first-order chi connectivity index (χ1) is 10.6. The summed E-state index contributed by atoms with van der Waals surface area (Å²) in [5.41, 5.74) is 1.37. The van der Waals surface area contributed by atoms with Gasteiger partial charge in [-0.3, -0.25) is 9.78 Å². The number of carbonyl (C=O) groups is 1. The lowest BCUT2D eigenvalue weighted by molar-refractivity contribution is -0.117. The Morgan fingerprint density at radius 1 is 1.36 bits per heavy atom. The molecule has 0 saturated carbocycles. The predicted octanol–water partition coefficient (Wildman–Crippen LogP) is 3.61. The van der Waals surface area contributed by atoms with E-state index in [2.05, 4.69) is 10.3 Å². The third-order valence-electron chi connectivity index (χ3n) is 2.80. The Balaban J connectivity index is 2.12. The molecule has 0 radical (unpaired) electrons. The van der Waals surface area contributed by atoms with Crippen molar-refractivity contribution in [3.63, 3.8) is 0 Å². The quantitative estimate of drug-likeness (QED) is 0.687. The van der Waals surface area contributed by atoms with Crippen LogP contribution in [-0.4, -0.2) is 10.9 Å². The van der Waals surface area contributed by atoms with Crippen molar-refractivity contribution in [1.29, 1.82) is 5.26 Å². The van der Waals surface area contributed by atoms with Gasteiger partial charge in [0, 0.05) is 29.0 Å². The smallest absolute Gasteiger partial charge is 0.262 e. The van der Waals surface area contributed by atoms with E-state index in [1.54, 1.807) is 36.7 Å². The maximum absolute atomic E-state index is 12.0. The second-order valence-electron chi connectivity index (χ2n) is 4.38. The summed E-state index contributed by atoms with van der Waals surface area (Å²) in [5.74, 6) is -0.475. The van der Waals surface area contributed by atoms with E-state index in [1.807, 2.05) is 12.1 Å². The molecule has 0 aliphatic heterocycles. The summed E-state index contributed by atoms with van der Waals surface area (Å²) in [6.45, 7) is 0.292. The molecule has 1 amide bonds. The number of nitrogens with zero attached hydrogens (tertiary/aromatic N) is 2. The number of amides is 1. The molecule has 22 heavy (non-hydrogen) atoms. The number of hydrogen-bond donors (Lipinski definition) is 1. The van der Waals surface area contributed by atoms with Crippen LogP contribution >= 0.6 is 23.2 Å². The molecule has 1 N–H and O–H groups in total.